The van der Waals surface area contributed by atoms with E-state index in [1.807, 2.05) is 0 Å². The fourth-order valence-electron chi connectivity index (χ4n) is 2.07. The number of aromatic nitrogens is 1. The smallest absolute Gasteiger partial charge is 0.276 e. The minimum Gasteiger partial charge on any atom is -0.505 e. The highest BCUT2D eigenvalue weighted by Crippen LogP contribution is 2.21. The highest BCUT2D eigenvalue weighted by Gasteiger charge is 2.36. The molecule has 6 nitrogen and oxygen atoms in total. The molecule has 1 aromatic heterocycles. The topological polar surface area (TPSA) is 71.9 Å². The van der Waals surface area contributed by atoms with Crippen molar-refractivity contribution < 1.29 is 19.4 Å². The summed E-state index contributed by atoms with van der Waals surface area (Å²) in [6.07, 6.45) is 1.18. The van der Waals surface area contributed by atoms with Crippen molar-refractivity contribution in [2.75, 3.05) is 27.3 Å². The second kappa shape index (κ2) is 5.32. The van der Waals surface area contributed by atoms with Gasteiger partial charge in [-0.25, -0.2) is 4.98 Å². The van der Waals surface area contributed by atoms with Gasteiger partial charge in [0, 0.05) is 33.5 Å². The van der Waals surface area contributed by atoms with Gasteiger partial charge in [-0.2, -0.15) is 0 Å². The Hall–Kier alpha value is -1.66. The van der Waals surface area contributed by atoms with Crippen LogP contribution < -0.4 is 0 Å². The van der Waals surface area contributed by atoms with Crippen LogP contribution in [-0.2, 0) is 9.47 Å². The second-order valence-corrected chi connectivity index (χ2v) is 4.13. The lowest BCUT2D eigenvalue weighted by Gasteiger charge is -2.15. The van der Waals surface area contributed by atoms with Gasteiger partial charge < -0.3 is 19.5 Å². The molecule has 2 heterocycles. The summed E-state index contributed by atoms with van der Waals surface area (Å²) in [6, 6.07) is 3.02. The van der Waals surface area contributed by atoms with E-state index < -0.39 is 0 Å². The zero-order valence-electron chi connectivity index (χ0n) is 10.4. The Bertz CT molecular complexity index is 426. The normalized spacial score (nSPS) is 23.3. The molecule has 0 spiro atoms. The van der Waals surface area contributed by atoms with Crippen LogP contribution in [0.1, 0.15) is 10.5 Å². The van der Waals surface area contributed by atoms with Crippen molar-refractivity contribution >= 4 is 5.91 Å². The first-order chi connectivity index (χ1) is 8.67. The third-order valence-electron chi connectivity index (χ3n) is 3.10. The molecule has 2 atom stereocenters. The minimum atomic E-state index is -0.310. The highest BCUT2D eigenvalue weighted by atomic mass is 16.5. The molecule has 1 aromatic rings. The number of rotatable bonds is 3. The monoisotopic (exact) mass is 252 g/mol. The van der Waals surface area contributed by atoms with Gasteiger partial charge in [0.1, 0.15) is 18.0 Å². The number of hydrogen-bond acceptors (Lipinski definition) is 5. The number of carbonyl (C=O) groups excluding carboxylic acids is 1. The van der Waals surface area contributed by atoms with Crippen molar-refractivity contribution in [3.8, 4) is 5.75 Å². The highest BCUT2D eigenvalue weighted by molar-refractivity contribution is 5.95. The van der Waals surface area contributed by atoms with E-state index in [-0.39, 0.29) is 29.6 Å². The number of aromatic hydroxyl groups is 1. The zero-order valence-corrected chi connectivity index (χ0v) is 10.4. The van der Waals surface area contributed by atoms with Crippen LogP contribution >= 0.6 is 0 Å². The van der Waals surface area contributed by atoms with E-state index in [4.69, 9.17) is 9.47 Å². The first-order valence-corrected chi connectivity index (χ1v) is 5.66. The lowest BCUT2D eigenvalue weighted by Crippen LogP contribution is -2.30. The third kappa shape index (κ3) is 2.30. The van der Waals surface area contributed by atoms with Crippen molar-refractivity contribution in [2.45, 2.75) is 12.2 Å². The maximum atomic E-state index is 12.2. The number of methoxy groups -OCH3 is 2. The molecular weight excluding hydrogens is 236 g/mol. The average molecular weight is 252 g/mol. The zero-order chi connectivity index (χ0) is 13.1. The average Bonchev–Trinajstić information content (AvgIpc) is 2.81. The molecule has 0 radical (unpaired) electrons. The quantitative estimate of drug-likeness (QED) is 0.836. The summed E-state index contributed by atoms with van der Waals surface area (Å²) in [5.41, 5.74) is 0.0594. The molecule has 1 aliphatic heterocycles. The molecule has 1 N–H and O–H groups in total. The SMILES string of the molecule is COC1CN(C(=O)c2ncccc2O)CC1OC. The molecule has 1 aliphatic rings. The summed E-state index contributed by atoms with van der Waals surface area (Å²) >= 11 is 0. The van der Waals surface area contributed by atoms with E-state index in [2.05, 4.69) is 4.98 Å². The van der Waals surface area contributed by atoms with E-state index >= 15 is 0 Å². The molecule has 2 unspecified atom stereocenters. The molecule has 0 bridgehead atoms. The fraction of sp³-hybridized carbons (Fsp3) is 0.500. The molecule has 0 saturated carbocycles. The number of amides is 1. The lowest BCUT2D eigenvalue weighted by atomic mass is 10.3. The van der Waals surface area contributed by atoms with Crippen molar-refractivity contribution in [3.63, 3.8) is 0 Å². The predicted octanol–water partition coefficient (Wildman–Crippen LogP) is 0.273. The first-order valence-electron chi connectivity index (χ1n) is 5.66. The van der Waals surface area contributed by atoms with Crippen molar-refractivity contribution in [1.29, 1.82) is 0 Å². The van der Waals surface area contributed by atoms with Crippen LogP contribution in [0.4, 0.5) is 0 Å². The van der Waals surface area contributed by atoms with E-state index in [9.17, 15) is 9.90 Å². The Morgan fingerprint density at radius 2 is 2.00 bits per heavy atom. The molecule has 98 valence electrons. The molecular formula is C12H16N2O4. The second-order valence-electron chi connectivity index (χ2n) is 4.13. The molecule has 1 fully saturated rings. The van der Waals surface area contributed by atoms with Crippen LogP contribution in [0.2, 0.25) is 0 Å². The summed E-state index contributed by atoms with van der Waals surface area (Å²) in [4.78, 5) is 17.7. The number of nitrogens with zero attached hydrogens (tertiary/aromatic N) is 2. The molecule has 0 aromatic carbocycles. The number of hydrogen-bond donors (Lipinski definition) is 1. The Kier molecular flexibility index (Phi) is 3.78. The Labute approximate surface area is 105 Å². The van der Waals surface area contributed by atoms with Crippen LogP contribution in [0.3, 0.4) is 0 Å². The van der Waals surface area contributed by atoms with Gasteiger partial charge in [-0.1, -0.05) is 0 Å². The summed E-state index contributed by atoms with van der Waals surface area (Å²) in [5, 5.41) is 9.61. The number of likely N-dealkylation sites (tertiary alicyclic amines) is 1. The van der Waals surface area contributed by atoms with E-state index in [0.29, 0.717) is 13.1 Å². The Morgan fingerprint density at radius 3 is 2.50 bits per heavy atom. The summed E-state index contributed by atoms with van der Waals surface area (Å²) < 4.78 is 10.5. The van der Waals surface area contributed by atoms with E-state index in [0.717, 1.165) is 0 Å². The number of carbonyl (C=O) groups is 1. The number of ether oxygens (including phenoxy) is 2. The molecule has 6 heteroatoms. The Morgan fingerprint density at radius 1 is 1.39 bits per heavy atom. The summed E-state index contributed by atoms with van der Waals surface area (Å²) in [6.45, 7) is 0.869. The maximum absolute atomic E-state index is 12.2. The van der Waals surface area contributed by atoms with Gasteiger partial charge in [-0.3, -0.25) is 4.79 Å². The molecule has 0 aliphatic carbocycles. The van der Waals surface area contributed by atoms with Gasteiger partial charge in [-0.05, 0) is 12.1 Å². The standard InChI is InChI=1S/C12H16N2O4/c1-17-9-6-14(7-10(9)18-2)12(16)11-8(15)4-3-5-13-11/h3-5,9-10,15H,6-7H2,1-2H3. The van der Waals surface area contributed by atoms with Gasteiger partial charge in [0.25, 0.3) is 5.91 Å². The predicted molar refractivity (Wildman–Crippen MR) is 63.4 cm³/mol. The van der Waals surface area contributed by atoms with Gasteiger partial charge in [0.05, 0.1) is 0 Å². The van der Waals surface area contributed by atoms with E-state index in [1.165, 1.54) is 12.3 Å². The fourth-order valence-corrected chi connectivity index (χ4v) is 2.07. The minimum absolute atomic E-state index is 0.0594. The maximum Gasteiger partial charge on any atom is 0.276 e. The van der Waals surface area contributed by atoms with Gasteiger partial charge >= 0.3 is 0 Å². The van der Waals surface area contributed by atoms with Crippen LogP contribution in [0.25, 0.3) is 0 Å². The van der Waals surface area contributed by atoms with Crippen molar-refractivity contribution in [3.05, 3.63) is 24.0 Å². The van der Waals surface area contributed by atoms with Gasteiger partial charge in [-0.15, -0.1) is 0 Å². The lowest BCUT2D eigenvalue weighted by molar-refractivity contribution is -0.00461. The van der Waals surface area contributed by atoms with Crippen molar-refractivity contribution in [1.82, 2.24) is 9.88 Å². The summed E-state index contributed by atoms with van der Waals surface area (Å²) in [7, 11) is 3.17. The molecule has 18 heavy (non-hydrogen) atoms. The largest absolute Gasteiger partial charge is 0.505 e. The van der Waals surface area contributed by atoms with Crippen LogP contribution in [-0.4, -0.2) is 60.4 Å². The van der Waals surface area contributed by atoms with Crippen LogP contribution in [0.5, 0.6) is 5.75 Å². The van der Waals surface area contributed by atoms with E-state index in [1.54, 1.807) is 25.2 Å². The summed E-state index contributed by atoms with van der Waals surface area (Å²) in [5.74, 6) is -0.424. The van der Waals surface area contributed by atoms with Crippen LogP contribution in [0.15, 0.2) is 18.3 Å². The molecule has 1 saturated heterocycles. The molecule has 1 amide bonds. The van der Waals surface area contributed by atoms with Gasteiger partial charge in [0.2, 0.25) is 0 Å². The first kappa shape index (κ1) is 12.8. The van der Waals surface area contributed by atoms with Gasteiger partial charge in [0.15, 0.2) is 5.69 Å². The molecule has 2 rings (SSSR count). The third-order valence-corrected chi connectivity index (χ3v) is 3.10. The van der Waals surface area contributed by atoms with Crippen LogP contribution in [0, 0.1) is 0 Å². The number of pyridine rings is 1. The Balaban J connectivity index is 2.14. The van der Waals surface area contributed by atoms with Crippen molar-refractivity contribution in [2.24, 2.45) is 0 Å².